The minimum Gasteiger partial charge on any atom is -0.390 e. The lowest BCUT2D eigenvalue weighted by Gasteiger charge is -2.45. The van der Waals surface area contributed by atoms with Gasteiger partial charge in [0.05, 0.1) is 5.60 Å². The van der Waals surface area contributed by atoms with E-state index in [1.54, 1.807) is 0 Å². The largest absolute Gasteiger partial charge is 0.390 e. The van der Waals surface area contributed by atoms with E-state index in [0.29, 0.717) is 11.8 Å². The molecule has 2 unspecified atom stereocenters. The van der Waals surface area contributed by atoms with Crippen LogP contribution in [0.15, 0.2) is 0 Å². The van der Waals surface area contributed by atoms with Crippen LogP contribution < -0.4 is 5.32 Å². The molecule has 2 rings (SSSR count). The highest BCUT2D eigenvalue weighted by Crippen LogP contribution is 2.41. The minimum atomic E-state index is -0.397. The van der Waals surface area contributed by atoms with Gasteiger partial charge in [0, 0.05) is 12.5 Å². The molecule has 0 aromatic carbocycles. The van der Waals surface area contributed by atoms with Gasteiger partial charge in [-0.3, -0.25) is 0 Å². The summed E-state index contributed by atoms with van der Waals surface area (Å²) in [4.78, 5) is 0. The van der Waals surface area contributed by atoms with Crippen LogP contribution in [0.2, 0.25) is 0 Å². The van der Waals surface area contributed by atoms with Crippen molar-refractivity contribution >= 4 is 0 Å². The van der Waals surface area contributed by atoms with Crippen molar-refractivity contribution in [2.24, 2.45) is 11.8 Å². The summed E-state index contributed by atoms with van der Waals surface area (Å²) >= 11 is 0. The molecule has 2 N–H and O–H groups in total. The Labute approximate surface area is 80.7 Å². The predicted octanol–water partition coefficient (Wildman–Crippen LogP) is 1.54. The molecule has 76 valence electrons. The maximum atomic E-state index is 10.4. The zero-order chi connectivity index (χ0) is 9.31. The van der Waals surface area contributed by atoms with E-state index < -0.39 is 5.60 Å². The maximum absolute atomic E-state index is 10.4. The van der Waals surface area contributed by atoms with Crippen molar-refractivity contribution < 1.29 is 5.11 Å². The summed E-state index contributed by atoms with van der Waals surface area (Å²) in [5.41, 5.74) is -0.397. The number of rotatable bonds is 2. The van der Waals surface area contributed by atoms with Crippen molar-refractivity contribution in [3.63, 3.8) is 0 Å². The number of hydrogen-bond donors (Lipinski definition) is 2. The second-order valence-electron chi connectivity index (χ2n) is 4.90. The summed E-state index contributed by atoms with van der Waals surface area (Å²) in [5, 5.41) is 13.8. The SMILES string of the molecule is CC(O)(C1CCC1)C1CCCNC1. The molecule has 0 amide bonds. The Morgan fingerprint density at radius 2 is 1.85 bits per heavy atom. The van der Waals surface area contributed by atoms with Crippen LogP contribution in [-0.2, 0) is 0 Å². The van der Waals surface area contributed by atoms with Crippen molar-refractivity contribution in [2.75, 3.05) is 13.1 Å². The average Bonchev–Trinajstić information content (AvgIpc) is 2.02. The summed E-state index contributed by atoms with van der Waals surface area (Å²) in [6.07, 6.45) is 6.23. The standard InChI is InChI=1S/C11H21NO/c1-11(13,9-4-2-5-9)10-6-3-7-12-8-10/h9-10,12-13H,2-8H2,1H3. The fraction of sp³-hybridized carbons (Fsp3) is 1.00. The smallest absolute Gasteiger partial charge is 0.0687 e. The number of piperidine rings is 1. The zero-order valence-electron chi connectivity index (χ0n) is 8.55. The lowest BCUT2D eigenvalue weighted by Crippen LogP contribution is -2.50. The van der Waals surface area contributed by atoms with Crippen LogP contribution in [0.25, 0.3) is 0 Å². The van der Waals surface area contributed by atoms with Gasteiger partial charge < -0.3 is 10.4 Å². The van der Waals surface area contributed by atoms with Crippen molar-refractivity contribution in [2.45, 2.75) is 44.6 Å². The Bertz CT molecular complexity index is 169. The van der Waals surface area contributed by atoms with Gasteiger partial charge in [-0.1, -0.05) is 6.42 Å². The van der Waals surface area contributed by atoms with E-state index in [-0.39, 0.29) is 0 Å². The van der Waals surface area contributed by atoms with E-state index in [4.69, 9.17) is 0 Å². The minimum absolute atomic E-state index is 0.397. The van der Waals surface area contributed by atoms with Crippen LogP contribution in [0.4, 0.5) is 0 Å². The fourth-order valence-electron chi connectivity index (χ4n) is 2.68. The highest BCUT2D eigenvalue weighted by Gasteiger charge is 2.42. The molecule has 0 spiro atoms. The molecule has 0 radical (unpaired) electrons. The average molecular weight is 183 g/mol. The van der Waals surface area contributed by atoms with Crippen LogP contribution in [-0.4, -0.2) is 23.8 Å². The first-order valence-corrected chi connectivity index (χ1v) is 5.64. The number of nitrogens with one attached hydrogen (secondary N) is 1. The molecule has 2 atom stereocenters. The molecule has 13 heavy (non-hydrogen) atoms. The van der Waals surface area contributed by atoms with Crippen LogP contribution >= 0.6 is 0 Å². The van der Waals surface area contributed by atoms with Crippen LogP contribution in [0.3, 0.4) is 0 Å². The van der Waals surface area contributed by atoms with Crippen molar-refractivity contribution in [3.05, 3.63) is 0 Å². The molecule has 0 aromatic heterocycles. The molecule has 2 fully saturated rings. The lowest BCUT2D eigenvalue weighted by molar-refractivity contribution is -0.0865. The molecule has 1 aliphatic heterocycles. The van der Waals surface area contributed by atoms with Gasteiger partial charge in [-0.25, -0.2) is 0 Å². The molecule has 0 bridgehead atoms. The van der Waals surface area contributed by atoms with E-state index >= 15 is 0 Å². The van der Waals surface area contributed by atoms with Gasteiger partial charge >= 0.3 is 0 Å². The summed E-state index contributed by atoms with van der Waals surface area (Å²) in [6.45, 7) is 4.20. The first-order chi connectivity index (χ1) is 6.21. The van der Waals surface area contributed by atoms with Gasteiger partial charge in [0.15, 0.2) is 0 Å². The topological polar surface area (TPSA) is 32.3 Å². The molecule has 1 saturated heterocycles. The third kappa shape index (κ3) is 1.75. The Hall–Kier alpha value is -0.0800. The van der Waals surface area contributed by atoms with Crippen molar-refractivity contribution in [1.29, 1.82) is 0 Å². The monoisotopic (exact) mass is 183 g/mol. The Morgan fingerprint density at radius 1 is 1.15 bits per heavy atom. The highest BCUT2D eigenvalue weighted by atomic mass is 16.3. The predicted molar refractivity (Wildman–Crippen MR) is 53.6 cm³/mol. The molecule has 0 aromatic rings. The van der Waals surface area contributed by atoms with E-state index in [0.717, 1.165) is 13.1 Å². The van der Waals surface area contributed by atoms with Crippen LogP contribution in [0, 0.1) is 11.8 Å². The quantitative estimate of drug-likeness (QED) is 0.680. The van der Waals surface area contributed by atoms with Gasteiger partial charge in [-0.2, -0.15) is 0 Å². The third-order valence-corrected chi connectivity index (χ3v) is 4.06. The zero-order valence-corrected chi connectivity index (χ0v) is 8.55. The van der Waals surface area contributed by atoms with E-state index in [9.17, 15) is 5.11 Å². The Kier molecular flexibility index (Phi) is 2.61. The van der Waals surface area contributed by atoms with Gasteiger partial charge in [-0.15, -0.1) is 0 Å². The summed E-state index contributed by atoms with van der Waals surface area (Å²) in [7, 11) is 0. The molecule has 2 heteroatoms. The van der Waals surface area contributed by atoms with Gasteiger partial charge in [0.1, 0.15) is 0 Å². The first-order valence-electron chi connectivity index (χ1n) is 5.64. The highest BCUT2D eigenvalue weighted by molar-refractivity contribution is 4.94. The molecule has 1 heterocycles. The van der Waals surface area contributed by atoms with E-state index in [2.05, 4.69) is 12.2 Å². The lowest BCUT2D eigenvalue weighted by atomic mass is 9.66. The summed E-state index contributed by atoms with van der Waals surface area (Å²) in [6, 6.07) is 0. The van der Waals surface area contributed by atoms with Gasteiger partial charge in [0.25, 0.3) is 0 Å². The molecular formula is C11H21NO. The van der Waals surface area contributed by atoms with Gasteiger partial charge in [0.2, 0.25) is 0 Å². The fourth-order valence-corrected chi connectivity index (χ4v) is 2.68. The number of hydrogen-bond acceptors (Lipinski definition) is 2. The third-order valence-electron chi connectivity index (χ3n) is 4.06. The second kappa shape index (κ2) is 3.58. The van der Waals surface area contributed by atoms with E-state index in [1.165, 1.54) is 32.1 Å². The first kappa shape index (κ1) is 9.47. The maximum Gasteiger partial charge on any atom is 0.0687 e. The van der Waals surface area contributed by atoms with Crippen molar-refractivity contribution in [3.8, 4) is 0 Å². The van der Waals surface area contributed by atoms with Crippen molar-refractivity contribution in [1.82, 2.24) is 5.32 Å². The second-order valence-corrected chi connectivity index (χ2v) is 4.90. The molecule has 2 nitrogen and oxygen atoms in total. The summed E-state index contributed by atoms with van der Waals surface area (Å²) in [5.74, 6) is 1.07. The Balaban J connectivity index is 1.94. The summed E-state index contributed by atoms with van der Waals surface area (Å²) < 4.78 is 0. The van der Waals surface area contributed by atoms with E-state index in [1.807, 2.05) is 0 Å². The Morgan fingerprint density at radius 3 is 2.31 bits per heavy atom. The van der Waals surface area contributed by atoms with Crippen LogP contribution in [0.5, 0.6) is 0 Å². The molecule has 1 aliphatic carbocycles. The normalized spacial score (nSPS) is 35.1. The van der Waals surface area contributed by atoms with Gasteiger partial charge in [-0.05, 0) is 45.1 Å². The molecular weight excluding hydrogens is 162 g/mol. The number of aliphatic hydroxyl groups is 1. The van der Waals surface area contributed by atoms with Crippen LogP contribution in [0.1, 0.15) is 39.0 Å². The molecule has 2 aliphatic rings. The molecule has 1 saturated carbocycles.